The monoisotopic (exact) mass is 308 g/mol. The van der Waals surface area contributed by atoms with Crippen molar-refractivity contribution >= 4 is 11.6 Å². The van der Waals surface area contributed by atoms with Crippen molar-refractivity contribution in [3.05, 3.63) is 57.9 Å². The third kappa shape index (κ3) is 3.55. The molecule has 112 valence electrons. The second-order valence-electron chi connectivity index (χ2n) is 5.32. The standard InChI is InChI=1S/C17H18ClFO2/c1-10(2)13-8-17(11(3)6-14(13)18)21-16-5-4-12(9-20)7-15(16)19/h4-8,10,20H,9H2,1-3H3. The van der Waals surface area contributed by atoms with Crippen LogP contribution in [0.25, 0.3) is 0 Å². The van der Waals surface area contributed by atoms with Gasteiger partial charge in [-0.1, -0.05) is 31.5 Å². The van der Waals surface area contributed by atoms with Gasteiger partial charge in [-0.15, -0.1) is 0 Å². The van der Waals surface area contributed by atoms with Gasteiger partial charge in [0, 0.05) is 5.02 Å². The van der Waals surface area contributed by atoms with Gasteiger partial charge in [0.05, 0.1) is 6.61 Å². The van der Waals surface area contributed by atoms with Crippen LogP contribution >= 0.6 is 11.6 Å². The van der Waals surface area contributed by atoms with Crippen LogP contribution < -0.4 is 4.74 Å². The van der Waals surface area contributed by atoms with E-state index in [9.17, 15) is 4.39 Å². The van der Waals surface area contributed by atoms with Crippen LogP contribution in [0.3, 0.4) is 0 Å². The first kappa shape index (κ1) is 15.8. The Labute approximate surface area is 129 Å². The summed E-state index contributed by atoms with van der Waals surface area (Å²) in [6.45, 7) is 5.74. The molecule has 1 N–H and O–H groups in total. The van der Waals surface area contributed by atoms with Gasteiger partial charge in [0.1, 0.15) is 5.75 Å². The summed E-state index contributed by atoms with van der Waals surface area (Å²) >= 11 is 6.21. The molecule has 0 aromatic heterocycles. The number of aliphatic hydroxyl groups is 1. The highest BCUT2D eigenvalue weighted by Gasteiger charge is 2.12. The normalized spacial score (nSPS) is 11.0. The second kappa shape index (κ2) is 6.46. The lowest BCUT2D eigenvalue weighted by Crippen LogP contribution is -1.96. The number of ether oxygens (including phenoxy) is 1. The number of aryl methyl sites for hydroxylation is 1. The number of benzene rings is 2. The summed E-state index contributed by atoms with van der Waals surface area (Å²) in [7, 11) is 0. The summed E-state index contributed by atoms with van der Waals surface area (Å²) in [6.07, 6.45) is 0. The lowest BCUT2D eigenvalue weighted by Gasteiger charge is -2.15. The van der Waals surface area contributed by atoms with E-state index >= 15 is 0 Å². The quantitative estimate of drug-likeness (QED) is 0.841. The van der Waals surface area contributed by atoms with E-state index < -0.39 is 5.82 Å². The molecule has 0 aliphatic rings. The van der Waals surface area contributed by atoms with Crippen molar-refractivity contribution in [2.24, 2.45) is 0 Å². The van der Waals surface area contributed by atoms with Crippen molar-refractivity contribution in [1.29, 1.82) is 0 Å². The van der Waals surface area contributed by atoms with Crippen LogP contribution in [0, 0.1) is 12.7 Å². The molecular weight excluding hydrogens is 291 g/mol. The largest absolute Gasteiger partial charge is 0.454 e. The SMILES string of the molecule is Cc1cc(Cl)c(C(C)C)cc1Oc1ccc(CO)cc1F. The Kier molecular flexibility index (Phi) is 4.86. The van der Waals surface area contributed by atoms with Crippen LogP contribution in [0.2, 0.25) is 5.02 Å². The summed E-state index contributed by atoms with van der Waals surface area (Å²) in [6, 6.07) is 8.09. The minimum atomic E-state index is -0.498. The summed E-state index contributed by atoms with van der Waals surface area (Å²) in [4.78, 5) is 0. The van der Waals surface area contributed by atoms with Crippen LogP contribution in [0.5, 0.6) is 11.5 Å². The lowest BCUT2D eigenvalue weighted by molar-refractivity contribution is 0.281. The average molecular weight is 309 g/mol. The number of rotatable bonds is 4. The van der Waals surface area contributed by atoms with E-state index in [1.54, 1.807) is 6.07 Å². The van der Waals surface area contributed by atoms with E-state index in [1.807, 2.05) is 32.9 Å². The van der Waals surface area contributed by atoms with Gasteiger partial charge in [0.2, 0.25) is 0 Å². The van der Waals surface area contributed by atoms with Crippen molar-refractivity contribution in [2.75, 3.05) is 0 Å². The van der Waals surface area contributed by atoms with Gasteiger partial charge in [-0.3, -0.25) is 0 Å². The van der Waals surface area contributed by atoms with Crippen LogP contribution in [-0.4, -0.2) is 5.11 Å². The molecule has 0 fully saturated rings. The van der Waals surface area contributed by atoms with Gasteiger partial charge < -0.3 is 9.84 Å². The van der Waals surface area contributed by atoms with E-state index in [2.05, 4.69) is 0 Å². The maximum Gasteiger partial charge on any atom is 0.166 e. The lowest BCUT2D eigenvalue weighted by atomic mass is 10.0. The molecule has 0 heterocycles. The molecule has 0 radical (unpaired) electrons. The van der Waals surface area contributed by atoms with Crippen molar-refractivity contribution in [2.45, 2.75) is 33.3 Å². The van der Waals surface area contributed by atoms with Crippen LogP contribution in [-0.2, 0) is 6.61 Å². The van der Waals surface area contributed by atoms with Crippen molar-refractivity contribution < 1.29 is 14.2 Å². The fourth-order valence-electron chi connectivity index (χ4n) is 2.06. The van der Waals surface area contributed by atoms with E-state index in [4.69, 9.17) is 21.4 Å². The maximum absolute atomic E-state index is 13.9. The summed E-state index contributed by atoms with van der Waals surface area (Å²) < 4.78 is 19.6. The van der Waals surface area contributed by atoms with Crippen molar-refractivity contribution in [3.63, 3.8) is 0 Å². The predicted octanol–water partition coefficient (Wildman–Crippen LogP) is 5.20. The molecule has 0 atom stereocenters. The Morgan fingerprint density at radius 2 is 1.90 bits per heavy atom. The minimum absolute atomic E-state index is 0.132. The highest BCUT2D eigenvalue weighted by Crippen LogP contribution is 2.34. The molecular formula is C17H18ClFO2. The molecule has 0 saturated heterocycles. The van der Waals surface area contributed by atoms with Crippen molar-refractivity contribution in [3.8, 4) is 11.5 Å². The fourth-order valence-corrected chi connectivity index (χ4v) is 2.50. The predicted molar refractivity (Wildman–Crippen MR) is 82.7 cm³/mol. The zero-order chi connectivity index (χ0) is 15.6. The number of hydrogen-bond donors (Lipinski definition) is 1. The van der Waals surface area contributed by atoms with E-state index in [-0.39, 0.29) is 18.3 Å². The molecule has 0 amide bonds. The molecule has 0 aliphatic carbocycles. The first-order valence-corrected chi connectivity index (χ1v) is 7.17. The van der Waals surface area contributed by atoms with Crippen molar-refractivity contribution in [1.82, 2.24) is 0 Å². The Bertz CT molecular complexity index is 653. The third-order valence-electron chi connectivity index (χ3n) is 3.32. The van der Waals surface area contributed by atoms with E-state index in [0.29, 0.717) is 16.3 Å². The minimum Gasteiger partial charge on any atom is -0.454 e. The zero-order valence-corrected chi connectivity index (χ0v) is 13.0. The number of halogens is 2. The molecule has 2 nitrogen and oxygen atoms in total. The molecule has 0 saturated carbocycles. The second-order valence-corrected chi connectivity index (χ2v) is 5.73. The van der Waals surface area contributed by atoms with Crippen LogP contribution in [0.15, 0.2) is 30.3 Å². The van der Waals surface area contributed by atoms with Gasteiger partial charge >= 0.3 is 0 Å². The molecule has 4 heteroatoms. The topological polar surface area (TPSA) is 29.5 Å². The summed E-state index contributed by atoms with van der Waals surface area (Å²) in [5.41, 5.74) is 2.32. The molecule has 0 spiro atoms. The summed E-state index contributed by atoms with van der Waals surface area (Å²) in [5, 5.41) is 9.68. The van der Waals surface area contributed by atoms with Gasteiger partial charge in [-0.25, -0.2) is 4.39 Å². The first-order valence-electron chi connectivity index (χ1n) is 6.79. The van der Waals surface area contributed by atoms with E-state index in [0.717, 1.165) is 11.1 Å². The molecule has 2 aromatic carbocycles. The van der Waals surface area contributed by atoms with Gasteiger partial charge in [0.15, 0.2) is 11.6 Å². The number of hydrogen-bond acceptors (Lipinski definition) is 2. The molecule has 2 rings (SSSR count). The molecule has 0 aliphatic heterocycles. The Hall–Kier alpha value is -1.58. The maximum atomic E-state index is 13.9. The summed E-state index contributed by atoms with van der Waals surface area (Å²) in [5.74, 6) is 0.468. The molecule has 0 unspecified atom stereocenters. The van der Waals surface area contributed by atoms with Gasteiger partial charge in [-0.2, -0.15) is 0 Å². The highest BCUT2D eigenvalue weighted by molar-refractivity contribution is 6.31. The third-order valence-corrected chi connectivity index (χ3v) is 3.64. The zero-order valence-electron chi connectivity index (χ0n) is 12.3. The molecule has 0 bridgehead atoms. The van der Waals surface area contributed by atoms with Crippen LogP contribution in [0.4, 0.5) is 4.39 Å². The van der Waals surface area contributed by atoms with E-state index in [1.165, 1.54) is 12.1 Å². The fraction of sp³-hybridized carbons (Fsp3) is 0.294. The number of aliphatic hydroxyl groups excluding tert-OH is 1. The smallest absolute Gasteiger partial charge is 0.166 e. The highest BCUT2D eigenvalue weighted by atomic mass is 35.5. The van der Waals surface area contributed by atoms with Crippen LogP contribution in [0.1, 0.15) is 36.5 Å². The first-order chi connectivity index (χ1) is 9.92. The molecule has 2 aromatic rings. The molecule has 21 heavy (non-hydrogen) atoms. The Balaban J connectivity index is 2.37. The van der Waals surface area contributed by atoms with Gasteiger partial charge in [0.25, 0.3) is 0 Å². The van der Waals surface area contributed by atoms with Gasteiger partial charge in [-0.05, 0) is 53.8 Å². The average Bonchev–Trinajstić information content (AvgIpc) is 2.43. The Morgan fingerprint density at radius 1 is 1.19 bits per heavy atom. The Morgan fingerprint density at radius 3 is 2.48 bits per heavy atom.